The van der Waals surface area contributed by atoms with Crippen LogP contribution in [0.1, 0.15) is 22.5 Å². The predicted octanol–water partition coefficient (Wildman–Crippen LogP) is 0.606. The van der Waals surface area contributed by atoms with E-state index in [9.17, 15) is 4.79 Å². The van der Waals surface area contributed by atoms with Gasteiger partial charge in [0, 0.05) is 51.3 Å². The fourth-order valence-corrected chi connectivity index (χ4v) is 3.70. The van der Waals surface area contributed by atoms with Crippen LogP contribution < -0.4 is 10.6 Å². The first-order valence-electron chi connectivity index (χ1n) is 9.47. The number of rotatable bonds is 8. The van der Waals surface area contributed by atoms with E-state index in [1.165, 1.54) is 4.88 Å². The van der Waals surface area contributed by atoms with Gasteiger partial charge in [-0.05, 0) is 20.8 Å². The minimum absolute atomic E-state index is 0.0515. The quantitative estimate of drug-likeness (QED) is 0.381. The second-order valence-corrected chi connectivity index (χ2v) is 7.81. The summed E-state index contributed by atoms with van der Waals surface area (Å²) >= 11 is 1.71. The van der Waals surface area contributed by atoms with Crippen LogP contribution in [0.2, 0.25) is 0 Å². The van der Waals surface area contributed by atoms with E-state index >= 15 is 0 Å². The first kappa shape index (κ1) is 21.6. The number of nitrogens with zero attached hydrogens (tertiary/aromatic N) is 4. The molecule has 0 aliphatic carbocycles. The van der Waals surface area contributed by atoms with Crippen molar-refractivity contribution in [1.29, 1.82) is 0 Å². The lowest BCUT2D eigenvalue weighted by atomic mass is 10.3. The summed E-state index contributed by atoms with van der Waals surface area (Å²) in [6, 6.07) is 0. The van der Waals surface area contributed by atoms with E-state index in [0.29, 0.717) is 26.2 Å². The molecule has 1 amide bonds. The Hall–Kier alpha value is -1.71. The van der Waals surface area contributed by atoms with E-state index in [1.54, 1.807) is 18.4 Å². The van der Waals surface area contributed by atoms with Crippen molar-refractivity contribution in [1.82, 2.24) is 25.4 Å². The maximum atomic E-state index is 11.9. The Balaban J connectivity index is 1.83. The van der Waals surface area contributed by atoms with Crippen LogP contribution in [0.5, 0.6) is 0 Å². The highest BCUT2D eigenvalue weighted by atomic mass is 32.1. The summed E-state index contributed by atoms with van der Waals surface area (Å²) in [6.07, 6.45) is 0. The molecule has 0 saturated carbocycles. The van der Waals surface area contributed by atoms with Crippen molar-refractivity contribution in [3.05, 3.63) is 15.6 Å². The summed E-state index contributed by atoms with van der Waals surface area (Å²) in [5.41, 5.74) is 1.09. The van der Waals surface area contributed by atoms with Crippen LogP contribution in [0.4, 0.5) is 0 Å². The van der Waals surface area contributed by atoms with Crippen molar-refractivity contribution in [2.45, 2.75) is 27.3 Å². The van der Waals surface area contributed by atoms with Crippen LogP contribution in [0.15, 0.2) is 4.99 Å². The van der Waals surface area contributed by atoms with Crippen LogP contribution >= 0.6 is 11.3 Å². The molecule has 0 atom stereocenters. The van der Waals surface area contributed by atoms with E-state index < -0.39 is 0 Å². The number of guanidine groups is 1. The number of carbonyl (C=O) groups is 1. The molecular formula is C18H32N6O2S. The Morgan fingerprint density at radius 3 is 2.59 bits per heavy atom. The minimum atomic E-state index is 0.0515. The van der Waals surface area contributed by atoms with Gasteiger partial charge in [-0.15, -0.1) is 11.3 Å². The summed E-state index contributed by atoms with van der Waals surface area (Å²) in [5, 5.41) is 7.29. The number of hydrogen-bond acceptors (Lipinski definition) is 6. The standard InChI is InChI=1S/C18H32N6O2S/c1-5-19-18(21-12-17-22-14(2)15(3)27-17)24-9-7-23(8-10-24)13-16(25)20-6-11-26-4/h5-13H2,1-4H3,(H,19,21)(H,20,25). The van der Waals surface area contributed by atoms with Crippen LogP contribution in [0.3, 0.4) is 0 Å². The molecule has 0 unspecified atom stereocenters. The Labute approximate surface area is 166 Å². The number of hydrogen-bond donors (Lipinski definition) is 2. The average molecular weight is 397 g/mol. The van der Waals surface area contributed by atoms with Crippen LogP contribution in [0.25, 0.3) is 0 Å². The molecule has 1 aliphatic rings. The molecule has 2 N–H and O–H groups in total. The van der Waals surface area contributed by atoms with Gasteiger partial charge in [0.15, 0.2) is 5.96 Å². The summed E-state index contributed by atoms with van der Waals surface area (Å²) in [6.45, 7) is 12.6. The highest BCUT2D eigenvalue weighted by Gasteiger charge is 2.21. The second kappa shape index (κ2) is 11.2. The third-order valence-corrected chi connectivity index (χ3v) is 5.50. The van der Waals surface area contributed by atoms with Crippen molar-refractivity contribution in [2.24, 2.45) is 4.99 Å². The Kier molecular flexibility index (Phi) is 8.96. The normalized spacial score (nSPS) is 15.9. The third-order valence-electron chi connectivity index (χ3n) is 4.44. The van der Waals surface area contributed by atoms with E-state index in [4.69, 9.17) is 9.73 Å². The molecule has 0 radical (unpaired) electrons. The average Bonchev–Trinajstić information content (AvgIpc) is 2.97. The van der Waals surface area contributed by atoms with E-state index in [2.05, 4.69) is 39.3 Å². The Morgan fingerprint density at radius 1 is 1.26 bits per heavy atom. The van der Waals surface area contributed by atoms with Gasteiger partial charge in [-0.1, -0.05) is 0 Å². The zero-order valence-corrected chi connectivity index (χ0v) is 17.7. The lowest BCUT2D eigenvalue weighted by Crippen LogP contribution is -2.54. The number of methoxy groups -OCH3 is 1. The van der Waals surface area contributed by atoms with Gasteiger partial charge in [0.2, 0.25) is 5.91 Å². The number of carbonyl (C=O) groups excluding carboxylic acids is 1. The largest absolute Gasteiger partial charge is 0.383 e. The van der Waals surface area contributed by atoms with Crippen molar-refractivity contribution in [3.63, 3.8) is 0 Å². The maximum Gasteiger partial charge on any atom is 0.234 e. The number of amides is 1. The van der Waals surface area contributed by atoms with Crippen molar-refractivity contribution in [2.75, 3.05) is 59.5 Å². The predicted molar refractivity (Wildman–Crippen MR) is 109 cm³/mol. The van der Waals surface area contributed by atoms with Crippen molar-refractivity contribution < 1.29 is 9.53 Å². The molecule has 0 aromatic carbocycles. The van der Waals surface area contributed by atoms with Gasteiger partial charge in [0.05, 0.1) is 25.4 Å². The number of thiazole rings is 1. The van der Waals surface area contributed by atoms with Gasteiger partial charge in [0.25, 0.3) is 0 Å². The van der Waals surface area contributed by atoms with Gasteiger partial charge in [-0.2, -0.15) is 0 Å². The fraction of sp³-hybridized carbons (Fsp3) is 0.722. The van der Waals surface area contributed by atoms with E-state index in [0.717, 1.165) is 49.4 Å². The first-order chi connectivity index (χ1) is 13.0. The van der Waals surface area contributed by atoms with Crippen LogP contribution in [-0.2, 0) is 16.1 Å². The first-order valence-corrected chi connectivity index (χ1v) is 10.3. The molecule has 152 valence electrons. The SMILES string of the molecule is CCNC(=NCc1nc(C)c(C)s1)N1CCN(CC(=O)NCCOC)CC1. The molecule has 1 aliphatic heterocycles. The molecule has 8 nitrogen and oxygen atoms in total. The number of piperazine rings is 1. The van der Waals surface area contributed by atoms with Gasteiger partial charge in [-0.25, -0.2) is 9.98 Å². The summed E-state index contributed by atoms with van der Waals surface area (Å²) in [4.78, 5) is 26.9. The van der Waals surface area contributed by atoms with Crippen molar-refractivity contribution >= 4 is 23.2 Å². The van der Waals surface area contributed by atoms with E-state index in [1.807, 2.05) is 6.92 Å². The highest BCUT2D eigenvalue weighted by Crippen LogP contribution is 2.17. The number of ether oxygens (including phenoxy) is 1. The monoisotopic (exact) mass is 396 g/mol. The number of nitrogens with one attached hydrogen (secondary N) is 2. The van der Waals surface area contributed by atoms with Crippen molar-refractivity contribution in [3.8, 4) is 0 Å². The molecule has 2 heterocycles. The Bertz CT molecular complexity index is 606. The molecular weight excluding hydrogens is 364 g/mol. The minimum Gasteiger partial charge on any atom is -0.383 e. The number of aryl methyl sites for hydroxylation is 2. The summed E-state index contributed by atoms with van der Waals surface area (Å²) in [7, 11) is 1.63. The number of aromatic nitrogens is 1. The smallest absolute Gasteiger partial charge is 0.234 e. The lowest BCUT2D eigenvalue weighted by molar-refractivity contribution is -0.122. The molecule has 27 heavy (non-hydrogen) atoms. The second-order valence-electron chi connectivity index (χ2n) is 6.53. The van der Waals surface area contributed by atoms with Gasteiger partial charge >= 0.3 is 0 Å². The van der Waals surface area contributed by atoms with Gasteiger partial charge in [0.1, 0.15) is 5.01 Å². The molecule has 0 spiro atoms. The topological polar surface area (TPSA) is 82.1 Å². The lowest BCUT2D eigenvalue weighted by Gasteiger charge is -2.36. The van der Waals surface area contributed by atoms with Crippen LogP contribution in [-0.4, -0.2) is 86.2 Å². The fourth-order valence-electron chi connectivity index (χ4n) is 2.84. The van der Waals surface area contributed by atoms with Gasteiger partial charge < -0.3 is 20.3 Å². The molecule has 1 aromatic heterocycles. The maximum absolute atomic E-state index is 11.9. The number of aliphatic imine (C=N–C) groups is 1. The zero-order chi connectivity index (χ0) is 19.6. The molecule has 1 aromatic rings. The molecule has 1 fully saturated rings. The molecule has 9 heteroatoms. The zero-order valence-electron chi connectivity index (χ0n) is 16.9. The molecule has 1 saturated heterocycles. The highest BCUT2D eigenvalue weighted by molar-refractivity contribution is 7.11. The molecule has 2 rings (SSSR count). The van der Waals surface area contributed by atoms with E-state index in [-0.39, 0.29) is 5.91 Å². The van der Waals surface area contributed by atoms with Crippen LogP contribution in [0, 0.1) is 13.8 Å². The van der Waals surface area contributed by atoms with Gasteiger partial charge in [-0.3, -0.25) is 9.69 Å². The third kappa shape index (κ3) is 7.08. The molecule has 0 bridgehead atoms. The summed E-state index contributed by atoms with van der Waals surface area (Å²) < 4.78 is 4.95. The Morgan fingerprint density at radius 2 is 2.00 bits per heavy atom. The summed E-state index contributed by atoms with van der Waals surface area (Å²) in [5.74, 6) is 0.975.